The first-order chi connectivity index (χ1) is 12.3. The number of halogens is 1. The Balaban J connectivity index is 0. The van der Waals surface area contributed by atoms with Crippen LogP contribution in [-0.4, -0.2) is 29.4 Å². The molecule has 0 aliphatic heterocycles. The monoisotopic (exact) mass is 487 g/mol. The van der Waals surface area contributed by atoms with Crippen molar-refractivity contribution in [2.75, 3.05) is 6.54 Å². The molecule has 11 heteroatoms. The van der Waals surface area contributed by atoms with Crippen LogP contribution < -0.4 is 104 Å². The average molecular weight is 488 g/mol. The van der Waals surface area contributed by atoms with Crippen LogP contribution >= 0.6 is 15.9 Å². The fourth-order valence-electron chi connectivity index (χ4n) is 2.54. The Labute approximate surface area is 242 Å². The van der Waals surface area contributed by atoms with Crippen molar-refractivity contribution in [1.82, 2.24) is 4.90 Å². The molecule has 136 valence electrons. The van der Waals surface area contributed by atoms with Crippen LogP contribution in [0.3, 0.4) is 0 Å². The topological polar surface area (TPSA) is 124 Å². The first-order valence-corrected chi connectivity index (χ1v) is 8.28. The minimum atomic E-state index is -1.65. The zero-order valence-corrected chi connectivity index (χ0v) is 24.0. The summed E-state index contributed by atoms with van der Waals surface area (Å²) in [5.41, 5.74) is 0.253. The molecule has 2 aromatic rings. The minimum absolute atomic E-state index is 0. The number of aromatic carboxylic acids is 2. The van der Waals surface area contributed by atoms with Crippen molar-refractivity contribution < 1.29 is 118 Å². The van der Waals surface area contributed by atoms with Gasteiger partial charge in [0.05, 0.1) is 17.9 Å². The molecule has 0 aliphatic rings. The summed E-state index contributed by atoms with van der Waals surface area (Å²) in [6, 6.07) is 10.9. The van der Waals surface area contributed by atoms with Crippen molar-refractivity contribution in [2.45, 2.75) is 13.1 Å². The fourth-order valence-corrected chi connectivity index (χ4v) is 2.99. The zero-order valence-electron chi connectivity index (χ0n) is 16.4. The molecule has 0 aliphatic carbocycles. The second-order valence-corrected chi connectivity index (χ2v) is 6.52. The number of hydrogen-bond acceptors (Lipinski definition) is 7. The number of nitrogens with zero attached hydrogens (tertiary/aromatic N) is 1. The van der Waals surface area contributed by atoms with E-state index in [0.717, 1.165) is 22.2 Å². The molecule has 7 nitrogen and oxygen atoms in total. The third-order valence-electron chi connectivity index (χ3n) is 3.58. The Morgan fingerprint density at radius 1 is 0.793 bits per heavy atom. The molecule has 0 atom stereocenters. The molecule has 29 heavy (non-hydrogen) atoms. The summed E-state index contributed by atoms with van der Waals surface area (Å²) in [5, 5.41) is 33.1. The average Bonchev–Trinajstić information content (AvgIpc) is 2.53. The van der Waals surface area contributed by atoms with Gasteiger partial charge in [-0.15, -0.1) is 0 Å². The van der Waals surface area contributed by atoms with E-state index in [1.165, 1.54) is 11.0 Å². The van der Waals surface area contributed by atoms with Gasteiger partial charge in [-0.3, -0.25) is 4.90 Å². The third kappa shape index (κ3) is 10.4. The van der Waals surface area contributed by atoms with E-state index in [-0.39, 0.29) is 108 Å². The van der Waals surface area contributed by atoms with Crippen LogP contribution in [0.5, 0.6) is 0 Å². The molecule has 0 saturated heterocycles. The predicted octanol–water partition coefficient (Wildman–Crippen LogP) is -10.1. The van der Waals surface area contributed by atoms with E-state index in [4.69, 9.17) is 0 Å². The molecule has 0 amide bonds. The first-order valence-electron chi connectivity index (χ1n) is 7.48. The van der Waals surface area contributed by atoms with Gasteiger partial charge in [0, 0.05) is 35.2 Å². The van der Waals surface area contributed by atoms with E-state index < -0.39 is 29.0 Å². The van der Waals surface area contributed by atoms with Crippen LogP contribution in [0.1, 0.15) is 31.8 Å². The summed E-state index contributed by atoms with van der Waals surface area (Å²) < 4.78 is 0.834. The summed E-state index contributed by atoms with van der Waals surface area (Å²) >= 11 is 3.34. The van der Waals surface area contributed by atoms with Crippen LogP contribution in [0.2, 0.25) is 0 Å². The number of carbonyl (C=O) groups is 3. The molecule has 0 N–H and O–H groups in total. The maximum atomic E-state index is 11.1. The van der Waals surface area contributed by atoms with E-state index in [0.29, 0.717) is 5.56 Å². The van der Waals surface area contributed by atoms with Crippen molar-refractivity contribution in [1.29, 1.82) is 0 Å². The van der Waals surface area contributed by atoms with Crippen molar-refractivity contribution in [3.8, 4) is 0 Å². The normalized spacial score (nSPS) is 9.59. The molecule has 0 aromatic heterocycles. The molecule has 0 fully saturated rings. The van der Waals surface area contributed by atoms with Crippen molar-refractivity contribution >= 4 is 33.8 Å². The van der Waals surface area contributed by atoms with Gasteiger partial charge in [-0.2, -0.15) is 0 Å². The molecule has 0 saturated carbocycles. The maximum Gasteiger partial charge on any atom is 1.00 e. The van der Waals surface area contributed by atoms with Crippen LogP contribution in [-0.2, 0) is 17.9 Å². The number of aliphatic carboxylic acids is 1. The summed E-state index contributed by atoms with van der Waals surface area (Å²) in [4.78, 5) is 34.7. The standard InChI is InChI=1S/C18H16BrNO6.3Na/c19-13-3-1-2-11(6-13)8-20(10-16(21)22)9-12-4-5-14(17(23)24)15(7-12)18(25)26;;;/h1-7H,8-10H2,(H,21,22)(H,23,24)(H,25,26);;;/q;3*+1/p-3. The molecule has 0 radical (unpaired) electrons. The number of benzene rings is 2. The molecule has 0 heterocycles. The van der Waals surface area contributed by atoms with Gasteiger partial charge in [-0.25, -0.2) is 0 Å². The Hall–Kier alpha value is 0.290. The zero-order chi connectivity index (χ0) is 19.3. The summed E-state index contributed by atoms with van der Waals surface area (Å²) in [7, 11) is 0. The predicted molar refractivity (Wildman–Crippen MR) is 88.4 cm³/mol. The smallest absolute Gasteiger partial charge is 0.549 e. The van der Waals surface area contributed by atoms with Crippen LogP contribution in [0.4, 0.5) is 0 Å². The number of hydrogen-bond donors (Lipinski definition) is 0. The summed E-state index contributed by atoms with van der Waals surface area (Å²) in [6.45, 7) is -0.0280. The molecule has 0 unspecified atom stereocenters. The second-order valence-electron chi connectivity index (χ2n) is 5.60. The van der Waals surface area contributed by atoms with Gasteiger partial charge < -0.3 is 29.7 Å². The van der Waals surface area contributed by atoms with Gasteiger partial charge in [-0.1, -0.05) is 40.2 Å². The maximum absolute atomic E-state index is 11.1. The van der Waals surface area contributed by atoms with Crippen molar-refractivity contribution in [3.63, 3.8) is 0 Å². The number of carbonyl (C=O) groups excluding carboxylic acids is 3. The van der Waals surface area contributed by atoms with E-state index in [1.807, 2.05) is 18.2 Å². The van der Waals surface area contributed by atoms with Crippen molar-refractivity contribution in [2.24, 2.45) is 0 Å². The van der Waals surface area contributed by atoms with E-state index >= 15 is 0 Å². The van der Waals surface area contributed by atoms with Gasteiger partial charge >= 0.3 is 88.7 Å². The minimum Gasteiger partial charge on any atom is -0.549 e. The number of carboxylic acids is 3. The molecule has 0 bridgehead atoms. The third-order valence-corrected chi connectivity index (χ3v) is 4.07. The van der Waals surface area contributed by atoms with Crippen LogP contribution in [0, 0.1) is 0 Å². The molecule has 0 spiro atoms. The summed E-state index contributed by atoms with van der Waals surface area (Å²) in [6.07, 6.45) is 0. The Kier molecular flexibility index (Phi) is 16.4. The quantitative estimate of drug-likeness (QED) is 0.338. The Bertz CT molecular complexity index is 865. The van der Waals surface area contributed by atoms with E-state index in [9.17, 15) is 29.7 Å². The second kappa shape index (κ2) is 15.2. The van der Waals surface area contributed by atoms with Gasteiger partial charge in [0.15, 0.2) is 0 Å². The Morgan fingerprint density at radius 2 is 1.34 bits per heavy atom. The van der Waals surface area contributed by atoms with Crippen LogP contribution in [0.25, 0.3) is 0 Å². The van der Waals surface area contributed by atoms with Gasteiger partial charge in [0.2, 0.25) is 0 Å². The molecular formula is C18H13BrNNa3O6. The van der Waals surface area contributed by atoms with E-state index in [2.05, 4.69) is 15.9 Å². The van der Waals surface area contributed by atoms with Gasteiger partial charge in [-0.05, 0) is 29.3 Å². The van der Waals surface area contributed by atoms with Gasteiger partial charge in [0.1, 0.15) is 0 Å². The first kappa shape index (κ1) is 31.5. The molecular weight excluding hydrogens is 475 g/mol. The van der Waals surface area contributed by atoms with Crippen LogP contribution in [0.15, 0.2) is 46.9 Å². The number of carboxylic acid groups (broad SMARTS) is 3. The summed E-state index contributed by atoms with van der Waals surface area (Å²) in [5.74, 6) is -4.56. The molecule has 2 rings (SSSR count). The largest absolute Gasteiger partial charge is 1.00 e. The SMILES string of the molecule is O=C([O-])CN(Cc1cccc(Br)c1)Cc1ccc(C(=O)[O-])c(C(=O)[O-])c1.[Na+].[Na+].[Na+]. The Morgan fingerprint density at radius 3 is 1.83 bits per heavy atom. The molecule has 2 aromatic carbocycles. The van der Waals surface area contributed by atoms with E-state index in [1.54, 1.807) is 6.07 Å². The van der Waals surface area contributed by atoms with Gasteiger partial charge in [0.25, 0.3) is 0 Å². The fraction of sp³-hybridized carbons (Fsp3) is 0.167. The number of rotatable bonds is 8. The van der Waals surface area contributed by atoms with Crippen molar-refractivity contribution in [3.05, 3.63) is 69.2 Å².